The molecule has 130 valence electrons. The van der Waals surface area contributed by atoms with E-state index in [9.17, 15) is 4.79 Å². The Morgan fingerprint density at radius 2 is 2.08 bits per heavy atom. The molecule has 0 aliphatic carbocycles. The van der Waals surface area contributed by atoms with Crippen molar-refractivity contribution in [3.05, 3.63) is 40.5 Å². The van der Waals surface area contributed by atoms with Gasteiger partial charge in [0.15, 0.2) is 0 Å². The minimum atomic E-state index is -0.526. The first-order chi connectivity index (χ1) is 12.0. The molecule has 3 aromatic rings. The molecule has 7 heteroatoms. The molecule has 0 radical (unpaired) electrons. The summed E-state index contributed by atoms with van der Waals surface area (Å²) in [4.78, 5) is 22.8. The summed E-state index contributed by atoms with van der Waals surface area (Å²) in [6.45, 7) is 6.09. The molecule has 0 bridgehead atoms. The third-order valence-corrected chi connectivity index (χ3v) is 4.92. The summed E-state index contributed by atoms with van der Waals surface area (Å²) in [5.41, 5.74) is 1.92. The maximum atomic E-state index is 12.1. The zero-order valence-corrected chi connectivity index (χ0v) is 15.4. The molecule has 0 aliphatic rings. The molecule has 2 aromatic heterocycles. The van der Waals surface area contributed by atoms with E-state index in [-0.39, 0.29) is 12.4 Å². The highest BCUT2D eigenvalue weighted by Gasteiger charge is 2.19. The molecule has 0 aliphatic heterocycles. The van der Waals surface area contributed by atoms with E-state index in [4.69, 9.17) is 9.47 Å². The van der Waals surface area contributed by atoms with E-state index in [1.807, 2.05) is 38.1 Å². The Morgan fingerprint density at radius 3 is 2.80 bits per heavy atom. The fraction of sp³-hybridized carbons (Fsp3) is 0.278. The van der Waals surface area contributed by atoms with Gasteiger partial charge in [-0.2, -0.15) is 0 Å². The molecule has 0 unspecified atom stereocenters. The van der Waals surface area contributed by atoms with Crippen molar-refractivity contribution in [2.75, 3.05) is 19.0 Å². The molecule has 3 rings (SSSR count). The summed E-state index contributed by atoms with van der Waals surface area (Å²) in [5.74, 6) is 0.852. The monoisotopic (exact) mass is 357 g/mol. The van der Waals surface area contributed by atoms with Gasteiger partial charge in [-0.15, -0.1) is 11.3 Å². The van der Waals surface area contributed by atoms with Crippen LogP contribution in [0.1, 0.15) is 28.0 Å². The standard InChI is InChI=1S/C18H19N3O3S/c1-5-24-18(22)16-20-15(14-10(2)11(3)25-17(14)21-16)19-12-7-6-8-13(9-12)23-4/h6-9H,5H2,1-4H3,(H,19,20,21). The molecular formula is C18H19N3O3S. The van der Waals surface area contributed by atoms with E-state index in [1.54, 1.807) is 14.0 Å². The van der Waals surface area contributed by atoms with Gasteiger partial charge in [0.1, 0.15) is 16.4 Å². The lowest BCUT2D eigenvalue weighted by Gasteiger charge is -2.10. The summed E-state index contributed by atoms with van der Waals surface area (Å²) >= 11 is 1.54. The smallest absolute Gasteiger partial charge is 0.376 e. The minimum Gasteiger partial charge on any atom is -0.497 e. The average molecular weight is 357 g/mol. The van der Waals surface area contributed by atoms with Gasteiger partial charge in [0.25, 0.3) is 0 Å². The first-order valence-electron chi connectivity index (χ1n) is 7.89. The van der Waals surface area contributed by atoms with Gasteiger partial charge < -0.3 is 14.8 Å². The molecule has 1 N–H and O–H groups in total. The number of hydrogen-bond donors (Lipinski definition) is 1. The Labute approximate surface area is 149 Å². The van der Waals surface area contributed by atoms with Crippen molar-refractivity contribution >= 4 is 39.0 Å². The third-order valence-electron chi connectivity index (χ3n) is 3.82. The van der Waals surface area contributed by atoms with Crippen LogP contribution in [0.3, 0.4) is 0 Å². The highest BCUT2D eigenvalue weighted by Crippen LogP contribution is 2.35. The normalized spacial score (nSPS) is 10.7. The summed E-state index contributed by atoms with van der Waals surface area (Å²) in [7, 11) is 1.62. The minimum absolute atomic E-state index is 0.0565. The Kier molecular flexibility index (Phi) is 4.85. The van der Waals surface area contributed by atoms with Crippen LogP contribution < -0.4 is 10.1 Å². The lowest BCUT2D eigenvalue weighted by molar-refractivity contribution is 0.0512. The van der Waals surface area contributed by atoms with Gasteiger partial charge in [0, 0.05) is 16.6 Å². The fourth-order valence-electron chi connectivity index (χ4n) is 2.46. The molecule has 25 heavy (non-hydrogen) atoms. The van der Waals surface area contributed by atoms with E-state index >= 15 is 0 Å². The second kappa shape index (κ2) is 7.06. The Hall–Kier alpha value is -2.67. The highest BCUT2D eigenvalue weighted by molar-refractivity contribution is 7.18. The predicted molar refractivity (Wildman–Crippen MR) is 99.1 cm³/mol. The first kappa shape index (κ1) is 17.2. The molecular weight excluding hydrogens is 338 g/mol. The zero-order valence-electron chi connectivity index (χ0n) is 14.5. The van der Waals surface area contributed by atoms with E-state index in [0.29, 0.717) is 5.82 Å². The maximum absolute atomic E-state index is 12.1. The molecule has 1 aromatic carbocycles. The van der Waals surface area contributed by atoms with Crippen LogP contribution in [0.4, 0.5) is 11.5 Å². The fourth-order valence-corrected chi connectivity index (χ4v) is 3.49. The average Bonchev–Trinajstić information content (AvgIpc) is 2.89. The largest absolute Gasteiger partial charge is 0.497 e. The van der Waals surface area contributed by atoms with E-state index in [1.165, 1.54) is 11.3 Å². The molecule has 6 nitrogen and oxygen atoms in total. The number of fused-ring (bicyclic) bond motifs is 1. The lowest BCUT2D eigenvalue weighted by Crippen LogP contribution is -2.11. The molecule has 0 spiro atoms. The number of carbonyl (C=O) groups excluding carboxylic acids is 1. The number of benzene rings is 1. The molecule has 0 amide bonds. The Balaban J connectivity index is 2.11. The van der Waals surface area contributed by atoms with Crippen LogP contribution in [0.25, 0.3) is 10.2 Å². The molecule has 2 heterocycles. The van der Waals surface area contributed by atoms with E-state index < -0.39 is 5.97 Å². The highest BCUT2D eigenvalue weighted by atomic mass is 32.1. The number of ether oxygens (including phenoxy) is 2. The number of hydrogen-bond acceptors (Lipinski definition) is 7. The number of rotatable bonds is 5. The van der Waals surface area contributed by atoms with Gasteiger partial charge >= 0.3 is 5.97 Å². The molecule has 0 atom stereocenters. The predicted octanol–water partition coefficient (Wildman–Crippen LogP) is 4.24. The molecule has 0 fully saturated rings. The van der Waals surface area contributed by atoms with E-state index in [0.717, 1.165) is 32.1 Å². The number of aromatic nitrogens is 2. The quantitative estimate of drug-likeness (QED) is 0.689. The summed E-state index contributed by atoms with van der Waals surface area (Å²) in [5, 5.41) is 4.20. The number of thiophene rings is 1. The number of methoxy groups -OCH3 is 1. The van der Waals surface area contributed by atoms with Gasteiger partial charge in [-0.1, -0.05) is 6.07 Å². The number of carbonyl (C=O) groups is 1. The summed E-state index contributed by atoms with van der Waals surface area (Å²) in [6.07, 6.45) is 0. The van der Waals surface area contributed by atoms with Crippen LogP contribution >= 0.6 is 11.3 Å². The summed E-state index contributed by atoms with van der Waals surface area (Å²) in [6, 6.07) is 7.53. The van der Waals surface area contributed by atoms with Crippen molar-refractivity contribution in [3.63, 3.8) is 0 Å². The van der Waals surface area contributed by atoms with Crippen molar-refractivity contribution < 1.29 is 14.3 Å². The van der Waals surface area contributed by atoms with Crippen molar-refractivity contribution in [3.8, 4) is 5.75 Å². The van der Waals surface area contributed by atoms with Crippen LogP contribution in [0.15, 0.2) is 24.3 Å². The Bertz CT molecular complexity index is 937. The first-order valence-corrected chi connectivity index (χ1v) is 8.71. The number of anilines is 2. The summed E-state index contributed by atoms with van der Waals surface area (Å²) < 4.78 is 10.3. The van der Waals surface area contributed by atoms with Crippen molar-refractivity contribution in [2.24, 2.45) is 0 Å². The molecule has 0 saturated heterocycles. The van der Waals surface area contributed by atoms with Crippen molar-refractivity contribution in [1.82, 2.24) is 9.97 Å². The van der Waals surface area contributed by atoms with Crippen molar-refractivity contribution in [1.29, 1.82) is 0 Å². The number of nitrogens with one attached hydrogen (secondary N) is 1. The maximum Gasteiger partial charge on any atom is 0.376 e. The number of aryl methyl sites for hydroxylation is 2. The van der Waals surface area contributed by atoms with Crippen molar-refractivity contribution in [2.45, 2.75) is 20.8 Å². The van der Waals surface area contributed by atoms with Crippen LogP contribution in [-0.4, -0.2) is 29.7 Å². The zero-order chi connectivity index (χ0) is 18.0. The third kappa shape index (κ3) is 3.41. The Morgan fingerprint density at radius 1 is 1.28 bits per heavy atom. The van der Waals surface area contributed by atoms with Gasteiger partial charge in [0.2, 0.25) is 5.82 Å². The van der Waals surface area contributed by atoms with Crippen LogP contribution in [0, 0.1) is 13.8 Å². The topological polar surface area (TPSA) is 73.3 Å². The second-order valence-corrected chi connectivity index (χ2v) is 6.64. The molecule has 0 saturated carbocycles. The SMILES string of the molecule is CCOC(=O)c1nc(Nc2cccc(OC)c2)c2c(C)c(C)sc2n1. The van der Waals surface area contributed by atoms with Gasteiger partial charge in [-0.05, 0) is 38.5 Å². The lowest BCUT2D eigenvalue weighted by atomic mass is 10.2. The number of nitrogens with zero attached hydrogens (tertiary/aromatic N) is 2. The van der Waals surface area contributed by atoms with Gasteiger partial charge in [-0.3, -0.25) is 0 Å². The number of esters is 1. The van der Waals surface area contributed by atoms with Crippen LogP contribution in [0.5, 0.6) is 5.75 Å². The van der Waals surface area contributed by atoms with E-state index in [2.05, 4.69) is 15.3 Å². The van der Waals surface area contributed by atoms with Crippen LogP contribution in [-0.2, 0) is 4.74 Å². The van der Waals surface area contributed by atoms with Gasteiger partial charge in [-0.25, -0.2) is 14.8 Å². The van der Waals surface area contributed by atoms with Crippen LogP contribution in [0.2, 0.25) is 0 Å². The second-order valence-electron chi connectivity index (χ2n) is 5.44. The van der Waals surface area contributed by atoms with Gasteiger partial charge in [0.05, 0.1) is 19.1 Å².